The minimum absolute atomic E-state index is 0.429. The van der Waals surface area contributed by atoms with Crippen LogP contribution in [0.15, 0.2) is 94.9 Å². The maximum atomic E-state index is 4.62. The molecule has 1 heterocycles. The van der Waals surface area contributed by atoms with Gasteiger partial charge in [-0.1, -0.05) is 66.7 Å². The summed E-state index contributed by atoms with van der Waals surface area (Å²) in [5.74, 6) is 0.780. The molecule has 29 heavy (non-hydrogen) atoms. The summed E-state index contributed by atoms with van der Waals surface area (Å²) in [6.45, 7) is 0.429. The molecule has 0 unspecified atom stereocenters. The van der Waals surface area contributed by atoms with E-state index in [0.717, 1.165) is 17.3 Å². The first-order chi connectivity index (χ1) is 14.4. The Bertz CT molecular complexity index is 1280. The highest BCUT2D eigenvalue weighted by Crippen LogP contribution is 2.49. The molecule has 6 rings (SSSR count). The van der Waals surface area contributed by atoms with Crippen LogP contribution in [0.5, 0.6) is 0 Å². The minimum atomic E-state index is 0.429. The zero-order valence-electron chi connectivity index (χ0n) is 15.7. The van der Waals surface area contributed by atoms with Crippen LogP contribution in [0.2, 0.25) is 0 Å². The number of nitrogens with one attached hydrogen (secondary N) is 1. The van der Waals surface area contributed by atoms with Crippen LogP contribution >= 0.6 is 0 Å². The van der Waals surface area contributed by atoms with Crippen molar-refractivity contribution in [1.29, 1.82) is 0 Å². The highest BCUT2D eigenvalue weighted by molar-refractivity contribution is 6.21. The van der Waals surface area contributed by atoms with E-state index < -0.39 is 0 Å². The lowest BCUT2D eigenvalue weighted by atomic mass is 10.0. The van der Waals surface area contributed by atoms with Gasteiger partial charge in [-0.15, -0.1) is 0 Å². The molecule has 1 aliphatic heterocycles. The first-order valence-electron chi connectivity index (χ1n) is 9.72. The molecular formula is C25H18N4. The topological polar surface area (TPSA) is 40.0 Å². The predicted molar refractivity (Wildman–Crippen MR) is 121 cm³/mol. The zero-order valence-corrected chi connectivity index (χ0v) is 15.7. The molecule has 0 amide bonds. The average Bonchev–Trinajstić information content (AvgIpc) is 3.13. The monoisotopic (exact) mass is 374 g/mol. The van der Waals surface area contributed by atoms with Gasteiger partial charge in [0.05, 0.1) is 12.0 Å². The van der Waals surface area contributed by atoms with Crippen LogP contribution in [0.25, 0.3) is 33.0 Å². The Labute approximate surface area is 168 Å². The molecule has 138 valence electrons. The van der Waals surface area contributed by atoms with Crippen LogP contribution in [0.4, 0.5) is 11.4 Å². The van der Waals surface area contributed by atoms with E-state index >= 15 is 0 Å². The summed E-state index contributed by atoms with van der Waals surface area (Å²) in [6.07, 6.45) is 1.72. The Kier molecular flexibility index (Phi) is 3.50. The number of para-hydroxylation sites is 1. The van der Waals surface area contributed by atoms with Crippen LogP contribution in [0.3, 0.4) is 0 Å². The summed E-state index contributed by atoms with van der Waals surface area (Å²) in [5, 5.41) is 5.74. The molecule has 4 aromatic rings. The van der Waals surface area contributed by atoms with Crippen molar-refractivity contribution in [2.75, 3.05) is 11.6 Å². The third kappa shape index (κ3) is 2.39. The van der Waals surface area contributed by atoms with Crippen LogP contribution in [-0.4, -0.2) is 19.0 Å². The third-order valence-electron chi connectivity index (χ3n) is 5.58. The lowest BCUT2D eigenvalue weighted by Crippen LogP contribution is -2.39. The van der Waals surface area contributed by atoms with Crippen LogP contribution in [0.1, 0.15) is 0 Å². The van der Waals surface area contributed by atoms with Gasteiger partial charge in [0.2, 0.25) is 5.96 Å². The fraction of sp³-hybridized carbons (Fsp3) is 0.0400. The summed E-state index contributed by atoms with van der Waals surface area (Å²) < 4.78 is 0. The van der Waals surface area contributed by atoms with Gasteiger partial charge in [0.15, 0.2) is 0 Å². The summed E-state index contributed by atoms with van der Waals surface area (Å²) in [7, 11) is 0. The Morgan fingerprint density at radius 3 is 2.17 bits per heavy atom. The van der Waals surface area contributed by atoms with Gasteiger partial charge < -0.3 is 5.32 Å². The molecule has 2 aliphatic rings. The molecule has 0 saturated carbocycles. The van der Waals surface area contributed by atoms with E-state index in [1.807, 2.05) is 6.07 Å². The molecule has 0 bridgehead atoms. The lowest BCUT2D eigenvalue weighted by Gasteiger charge is -2.28. The Hall–Kier alpha value is -3.92. The number of guanidine groups is 1. The minimum Gasteiger partial charge on any atom is -0.317 e. The van der Waals surface area contributed by atoms with E-state index in [9.17, 15) is 0 Å². The highest BCUT2D eigenvalue weighted by Gasteiger charge is 2.25. The summed E-state index contributed by atoms with van der Waals surface area (Å²) in [5.41, 5.74) is 7.36. The first kappa shape index (κ1) is 16.1. The number of rotatable bonds is 2. The van der Waals surface area contributed by atoms with Gasteiger partial charge in [0.25, 0.3) is 0 Å². The molecule has 0 spiro atoms. The molecule has 0 aromatic heterocycles. The average molecular weight is 374 g/mol. The van der Waals surface area contributed by atoms with Crippen molar-refractivity contribution < 1.29 is 0 Å². The number of aliphatic imine (C=N–C) groups is 2. The largest absolute Gasteiger partial charge is 0.317 e. The summed E-state index contributed by atoms with van der Waals surface area (Å²) in [6, 6.07) is 30.0. The van der Waals surface area contributed by atoms with E-state index in [1.165, 1.54) is 33.0 Å². The van der Waals surface area contributed by atoms with Crippen molar-refractivity contribution in [3.63, 3.8) is 0 Å². The molecule has 0 atom stereocenters. The number of hydrogen-bond donors (Lipinski definition) is 1. The van der Waals surface area contributed by atoms with Gasteiger partial charge >= 0.3 is 0 Å². The second-order valence-electron chi connectivity index (χ2n) is 7.16. The third-order valence-corrected chi connectivity index (χ3v) is 5.58. The maximum absolute atomic E-state index is 4.62. The van der Waals surface area contributed by atoms with Crippen molar-refractivity contribution >= 4 is 34.4 Å². The van der Waals surface area contributed by atoms with Crippen molar-refractivity contribution in [3.8, 4) is 22.3 Å². The quantitative estimate of drug-likeness (QED) is 0.439. The molecule has 4 aromatic carbocycles. The van der Waals surface area contributed by atoms with Gasteiger partial charge in [0.1, 0.15) is 6.67 Å². The van der Waals surface area contributed by atoms with Gasteiger partial charge in [0, 0.05) is 11.1 Å². The lowest BCUT2D eigenvalue weighted by molar-refractivity contribution is 1.000. The number of anilines is 2. The van der Waals surface area contributed by atoms with Gasteiger partial charge in [-0.3, -0.25) is 9.89 Å². The molecule has 1 aliphatic carbocycles. The molecule has 1 N–H and O–H groups in total. The van der Waals surface area contributed by atoms with E-state index in [4.69, 9.17) is 0 Å². The maximum Gasteiger partial charge on any atom is 0.210 e. The van der Waals surface area contributed by atoms with Crippen molar-refractivity contribution in [2.24, 2.45) is 9.98 Å². The Morgan fingerprint density at radius 2 is 1.41 bits per heavy atom. The Balaban J connectivity index is 1.63. The van der Waals surface area contributed by atoms with Crippen LogP contribution in [-0.2, 0) is 0 Å². The fourth-order valence-electron chi connectivity index (χ4n) is 4.37. The van der Waals surface area contributed by atoms with E-state index in [0.29, 0.717) is 6.67 Å². The van der Waals surface area contributed by atoms with Crippen LogP contribution < -0.4 is 10.2 Å². The van der Waals surface area contributed by atoms with Crippen molar-refractivity contribution in [2.45, 2.75) is 0 Å². The van der Waals surface area contributed by atoms with Gasteiger partial charge in [-0.2, -0.15) is 0 Å². The van der Waals surface area contributed by atoms with E-state index in [2.05, 4.69) is 99.1 Å². The SMILES string of the molecule is C1=NCN=C(N(c2ccccc2)c2ccc3c4c(cccc24)-c2ccccc2-3)N1. The number of nitrogens with zero attached hydrogens (tertiary/aromatic N) is 3. The second-order valence-corrected chi connectivity index (χ2v) is 7.16. The standard InChI is InChI=1S/C25H18N4/c1-2-7-17(8-3-1)29(25-27-15-26-16-28-25)23-14-13-21-19-10-5-4-9-18(19)20-11-6-12-22(23)24(20)21/h1-15H,16H2,(H,26,27,28). The molecule has 4 heteroatoms. The smallest absolute Gasteiger partial charge is 0.210 e. The van der Waals surface area contributed by atoms with E-state index in [1.54, 1.807) is 6.34 Å². The number of fused-ring (bicyclic) bond motifs is 3. The second kappa shape index (κ2) is 6.31. The molecular weight excluding hydrogens is 356 g/mol. The molecule has 4 nitrogen and oxygen atoms in total. The van der Waals surface area contributed by atoms with Gasteiger partial charge in [-0.05, 0) is 45.8 Å². The number of hydrogen-bond acceptors (Lipinski definition) is 4. The number of benzene rings is 4. The molecule has 0 radical (unpaired) electrons. The van der Waals surface area contributed by atoms with Gasteiger partial charge in [-0.25, -0.2) is 4.99 Å². The van der Waals surface area contributed by atoms with E-state index in [-0.39, 0.29) is 0 Å². The zero-order chi connectivity index (χ0) is 19.2. The van der Waals surface area contributed by atoms with Crippen molar-refractivity contribution in [3.05, 3.63) is 84.9 Å². The Morgan fingerprint density at radius 1 is 0.690 bits per heavy atom. The molecule has 0 fully saturated rings. The predicted octanol–water partition coefficient (Wildman–Crippen LogP) is 5.57. The fourth-order valence-corrected chi connectivity index (χ4v) is 4.37. The summed E-state index contributed by atoms with van der Waals surface area (Å²) >= 11 is 0. The first-order valence-corrected chi connectivity index (χ1v) is 9.72. The molecule has 0 saturated heterocycles. The summed E-state index contributed by atoms with van der Waals surface area (Å²) in [4.78, 5) is 11.0. The van der Waals surface area contributed by atoms with Crippen LogP contribution in [0, 0.1) is 0 Å². The van der Waals surface area contributed by atoms with Crippen molar-refractivity contribution in [1.82, 2.24) is 5.32 Å². The highest BCUT2D eigenvalue weighted by atomic mass is 15.3. The normalized spacial score (nSPS) is 13.7.